The van der Waals surface area contributed by atoms with Gasteiger partial charge in [0, 0.05) is 6.66 Å². The molecular weight excluding hydrogens is 137 g/mol. The van der Waals surface area contributed by atoms with Crippen molar-refractivity contribution >= 4 is 7.37 Å². The predicted octanol–water partition coefficient (Wildman–Crippen LogP) is 0.827. The lowest BCUT2D eigenvalue weighted by Crippen LogP contribution is -2.25. The van der Waals surface area contributed by atoms with Gasteiger partial charge in [0.15, 0.2) is 0 Å². The molecule has 0 aromatic rings. The Kier molecular flexibility index (Phi) is 2.87. The molecule has 0 heterocycles. The van der Waals surface area contributed by atoms with Crippen LogP contribution in [0, 0.1) is 5.92 Å². The van der Waals surface area contributed by atoms with Gasteiger partial charge in [-0.2, -0.15) is 0 Å². The molecule has 0 saturated carbocycles. The van der Waals surface area contributed by atoms with Crippen LogP contribution in [0.25, 0.3) is 0 Å². The number of rotatable bonds is 2. The first-order valence-electron chi connectivity index (χ1n) is 2.91. The first-order chi connectivity index (χ1) is 3.85. The zero-order chi connectivity index (χ0) is 7.65. The Bertz CT molecular complexity index is 129. The molecular formula is C5H14NO2P. The topological polar surface area (TPSA) is 63.3 Å². The molecule has 0 fully saturated rings. The Morgan fingerprint density at radius 2 is 1.89 bits per heavy atom. The molecule has 2 unspecified atom stereocenters. The zero-order valence-corrected chi connectivity index (χ0v) is 6.93. The lowest BCUT2D eigenvalue weighted by atomic mass is 10.2. The number of hydrogen-bond acceptors (Lipinski definition) is 2. The third-order valence-electron chi connectivity index (χ3n) is 1.24. The monoisotopic (exact) mass is 151 g/mol. The first kappa shape index (κ1) is 9.15. The van der Waals surface area contributed by atoms with Gasteiger partial charge >= 0.3 is 0 Å². The van der Waals surface area contributed by atoms with E-state index in [0.717, 1.165) is 0 Å². The second kappa shape index (κ2) is 2.82. The fourth-order valence-electron chi connectivity index (χ4n) is 0.553. The van der Waals surface area contributed by atoms with E-state index >= 15 is 0 Å². The van der Waals surface area contributed by atoms with Crippen molar-refractivity contribution in [3.8, 4) is 0 Å². The Morgan fingerprint density at radius 3 is 1.89 bits per heavy atom. The van der Waals surface area contributed by atoms with E-state index in [1.54, 1.807) is 0 Å². The molecule has 0 amide bonds. The van der Waals surface area contributed by atoms with Gasteiger partial charge in [0.25, 0.3) is 0 Å². The maximum atomic E-state index is 10.8. The van der Waals surface area contributed by atoms with Crippen LogP contribution < -0.4 is 5.73 Å². The van der Waals surface area contributed by atoms with Crippen LogP contribution >= 0.6 is 7.37 Å². The Labute approximate surface area is 55.7 Å². The van der Waals surface area contributed by atoms with Crippen LogP contribution in [0.2, 0.25) is 0 Å². The molecule has 9 heavy (non-hydrogen) atoms. The molecule has 3 N–H and O–H groups in total. The van der Waals surface area contributed by atoms with E-state index in [4.69, 9.17) is 10.6 Å². The van der Waals surface area contributed by atoms with Crippen LogP contribution in [0.3, 0.4) is 0 Å². The van der Waals surface area contributed by atoms with Crippen molar-refractivity contribution in [3.05, 3.63) is 0 Å². The van der Waals surface area contributed by atoms with Crippen LogP contribution in [0.5, 0.6) is 0 Å². The van der Waals surface area contributed by atoms with Gasteiger partial charge in [-0.25, -0.2) is 0 Å². The molecule has 0 aromatic carbocycles. The second-order valence-electron chi connectivity index (χ2n) is 2.68. The third kappa shape index (κ3) is 2.99. The van der Waals surface area contributed by atoms with Crippen molar-refractivity contribution in [1.82, 2.24) is 0 Å². The largest absolute Gasteiger partial charge is 0.343 e. The summed E-state index contributed by atoms with van der Waals surface area (Å²) in [7, 11) is -3.04. The summed E-state index contributed by atoms with van der Waals surface area (Å²) in [4.78, 5) is 8.89. The minimum absolute atomic E-state index is 0.0748. The summed E-state index contributed by atoms with van der Waals surface area (Å²) in [5, 5.41) is 0. The van der Waals surface area contributed by atoms with Gasteiger partial charge in [0.1, 0.15) is 0 Å². The molecule has 0 aliphatic carbocycles. The molecule has 2 atom stereocenters. The molecule has 0 rings (SSSR count). The van der Waals surface area contributed by atoms with E-state index in [-0.39, 0.29) is 5.92 Å². The fourth-order valence-corrected chi connectivity index (χ4v) is 1.66. The normalized spacial score (nSPS) is 21.6. The van der Waals surface area contributed by atoms with Crippen LogP contribution in [0.1, 0.15) is 13.8 Å². The van der Waals surface area contributed by atoms with Crippen molar-refractivity contribution in [2.75, 3.05) is 6.66 Å². The smallest absolute Gasteiger partial charge is 0.214 e. The number of hydrogen-bond donors (Lipinski definition) is 2. The van der Waals surface area contributed by atoms with Crippen molar-refractivity contribution in [2.24, 2.45) is 11.7 Å². The minimum Gasteiger partial charge on any atom is -0.343 e. The summed E-state index contributed by atoms with van der Waals surface area (Å²) in [5.74, 6) is -0.497. The van der Waals surface area contributed by atoms with E-state index in [0.29, 0.717) is 0 Å². The average Bonchev–Trinajstić information content (AvgIpc) is 1.62. The summed E-state index contributed by atoms with van der Waals surface area (Å²) < 4.78 is 10.8. The average molecular weight is 151 g/mol. The quantitative estimate of drug-likeness (QED) is 0.574. The SMILES string of the molecule is CC(C)C(N)P(C)(=O)O. The van der Waals surface area contributed by atoms with Gasteiger partial charge in [-0.05, 0) is 5.92 Å². The Morgan fingerprint density at radius 1 is 1.56 bits per heavy atom. The highest BCUT2D eigenvalue weighted by molar-refractivity contribution is 7.57. The molecule has 0 aliphatic heterocycles. The predicted molar refractivity (Wildman–Crippen MR) is 38.6 cm³/mol. The highest BCUT2D eigenvalue weighted by Gasteiger charge is 2.23. The van der Waals surface area contributed by atoms with E-state index in [9.17, 15) is 4.57 Å². The van der Waals surface area contributed by atoms with E-state index in [1.165, 1.54) is 6.66 Å². The lowest BCUT2D eigenvalue weighted by molar-refractivity contribution is 0.447. The lowest BCUT2D eigenvalue weighted by Gasteiger charge is -2.17. The third-order valence-corrected chi connectivity index (χ3v) is 2.94. The van der Waals surface area contributed by atoms with Crippen molar-refractivity contribution < 1.29 is 9.46 Å². The highest BCUT2D eigenvalue weighted by Crippen LogP contribution is 2.41. The van der Waals surface area contributed by atoms with Crippen molar-refractivity contribution in [1.29, 1.82) is 0 Å². The molecule has 56 valence electrons. The van der Waals surface area contributed by atoms with Gasteiger partial charge in [0.05, 0.1) is 5.78 Å². The minimum atomic E-state index is -3.04. The van der Waals surface area contributed by atoms with Crippen molar-refractivity contribution in [2.45, 2.75) is 19.6 Å². The Hall–Kier alpha value is 0.150. The molecule has 4 heteroatoms. The summed E-state index contributed by atoms with van der Waals surface area (Å²) in [5.41, 5.74) is 5.38. The van der Waals surface area contributed by atoms with Crippen LogP contribution in [-0.2, 0) is 4.57 Å². The van der Waals surface area contributed by atoms with E-state index < -0.39 is 13.2 Å². The zero-order valence-electron chi connectivity index (χ0n) is 6.03. The summed E-state index contributed by atoms with van der Waals surface area (Å²) >= 11 is 0. The van der Waals surface area contributed by atoms with Gasteiger partial charge in [-0.15, -0.1) is 0 Å². The molecule has 3 nitrogen and oxygen atoms in total. The molecule has 0 aliphatic rings. The molecule has 0 radical (unpaired) electrons. The number of nitrogens with two attached hydrogens (primary N) is 1. The first-order valence-corrected chi connectivity index (χ1v) is 5.09. The highest BCUT2D eigenvalue weighted by atomic mass is 31.2. The molecule has 0 spiro atoms. The fraction of sp³-hybridized carbons (Fsp3) is 1.00. The summed E-state index contributed by atoms with van der Waals surface area (Å²) in [6.45, 7) is 4.95. The van der Waals surface area contributed by atoms with E-state index in [2.05, 4.69) is 0 Å². The molecule has 0 saturated heterocycles. The van der Waals surface area contributed by atoms with Crippen LogP contribution in [0.4, 0.5) is 0 Å². The van der Waals surface area contributed by atoms with Crippen molar-refractivity contribution in [3.63, 3.8) is 0 Å². The van der Waals surface area contributed by atoms with Gasteiger partial charge < -0.3 is 10.6 Å². The van der Waals surface area contributed by atoms with Gasteiger partial charge in [-0.3, -0.25) is 4.57 Å². The molecule has 0 aromatic heterocycles. The van der Waals surface area contributed by atoms with Gasteiger partial charge in [-0.1, -0.05) is 13.8 Å². The summed E-state index contributed by atoms with van der Waals surface area (Å²) in [6.07, 6.45) is 0. The van der Waals surface area contributed by atoms with Crippen LogP contribution in [0.15, 0.2) is 0 Å². The maximum Gasteiger partial charge on any atom is 0.214 e. The summed E-state index contributed by atoms with van der Waals surface area (Å²) in [6, 6.07) is 0. The molecule has 0 bridgehead atoms. The standard InChI is InChI=1S/C5H14NO2P/c1-4(2)5(6)9(3,7)8/h4-5H,6H2,1-3H3,(H,7,8). The maximum absolute atomic E-state index is 10.8. The van der Waals surface area contributed by atoms with Gasteiger partial charge in [0.2, 0.25) is 7.37 Å². The second-order valence-corrected chi connectivity index (χ2v) is 5.16. The van der Waals surface area contributed by atoms with Crippen LogP contribution in [-0.4, -0.2) is 17.3 Å². The Balaban J connectivity index is 4.05. The van der Waals surface area contributed by atoms with E-state index in [1.807, 2.05) is 13.8 Å².